The Morgan fingerprint density at radius 2 is 1.72 bits per heavy atom. The van der Waals surface area contributed by atoms with E-state index in [4.69, 9.17) is 9.73 Å². The van der Waals surface area contributed by atoms with Crippen LogP contribution in [0.3, 0.4) is 0 Å². The lowest BCUT2D eigenvalue weighted by Crippen LogP contribution is -2.53. The predicted octanol–water partition coefficient (Wildman–Crippen LogP) is 2.89. The van der Waals surface area contributed by atoms with Gasteiger partial charge >= 0.3 is 0 Å². The van der Waals surface area contributed by atoms with E-state index >= 15 is 0 Å². The van der Waals surface area contributed by atoms with E-state index in [1.807, 2.05) is 13.0 Å². The average molecular weight is 424 g/mol. The Morgan fingerprint density at radius 3 is 2.24 bits per heavy atom. The molecule has 0 unspecified atom stereocenters. The fraction of sp³-hybridized carbons (Fsp3) is 0.682. The first-order valence-electron chi connectivity index (χ1n) is 10.7. The number of aliphatic imine (C=N–C) groups is 1. The van der Waals surface area contributed by atoms with Gasteiger partial charge < -0.3 is 15.4 Å². The Labute approximate surface area is 176 Å². The lowest BCUT2D eigenvalue weighted by atomic mass is 9.76. The van der Waals surface area contributed by atoms with Crippen molar-refractivity contribution in [3.8, 4) is 0 Å². The second-order valence-corrected chi connectivity index (χ2v) is 10.4. The van der Waals surface area contributed by atoms with Crippen molar-refractivity contribution in [3.05, 3.63) is 35.9 Å². The molecule has 2 rings (SSSR count). The van der Waals surface area contributed by atoms with Crippen LogP contribution in [0.4, 0.5) is 0 Å². The summed E-state index contributed by atoms with van der Waals surface area (Å²) in [5, 5.41) is 6.59. The van der Waals surface area contributed by atoms with Crippen molar-refractivity contribution < 1.29 is 13.2 Å². The highest BCUT2D eigenvalue weighted by molar-refractivity contribution is 7.92. The average Bonchev–Trinajstić information content (AvgIpc) is 2.73. The molecule has 0 amide bonds. The van der Waals surface area contributed by atoms with Gasteiger partial charge in [0, 0.05) is 38.0 Å². The molecule has 0 atom stereocenters. The van der Waals surface area contributed by atoms with Crippen LogP contribution in [0.1, 0.15) is 52.0 Å². The summed E-state index contributed by atoms with van der Waals surface area (Å²) in [6.07, 6.45) is 4.33. The fourth-order valence-electron chi connectivity index (χ4n) is 4.00. The molecule has 1 aliphatic heterocycles. The molecule has 1 fully saturated rings. The Balaban J connectivity index is 2.20. The zero-order valence-corrected chi connectivity index (χ0v) is 19.1. The van der Waals surface area contributed by atoms with Crippen LogP contribution in [0.5, 0.6) is 0 Å². The minimum absolute atomic E-state index is 0.0309. The largest absolute Gasteiger partial charge is 0.381 e. The van der Waals surface area contributed by atoms with Crippen LogP contribution in [0.15, 0.2) is 35.3 Å². The monoisotopic (exact) mass is 423 g/mol. The molecule has 0 radical (unpaired) electrons. The number of benzene rings is 1. The molecule has 1 aromatic rings. The first-order chi connectivity index (χ1) is 13.8. The number of hydrogen-bond acceptors (Lipinski definition) is 4. The molecule has 1 saturated heterocycles. The Hall–Kier alpha value is -1.60. The summed E-state index contributed by atoms with van der Waals surface area (Å²) in [5.74, 6) is 0.671. The van der Waals surface area contributed by atoms with Gasteiger partial charge in [-0.3, -0.25) is 4.99 Å². The van der Waals surface area contributed by atoms with Gasteiger partial charge in [-0.15, -0.1) is 0 Å². The minimum atomic E-state index is -3.22. The second kappa shape index (κ2) is 10.4. The molecule has 0 aromatic heterocycles. The van der Waals surface area contributed by atoms with Crippen molar-refractivity contribution in [3.63, 3.8) is 0 Å². The molecule has 0 aliphatic carbocycles. The van der Waals surface area contributed by atoms with E-state index in [1.165, 1.54) is 11.8 Å². The van der Waals surface area contributed by atoms with Gasteiger partial charge in [0.1, 0.15) is 0 Å². The maximum Gasteiger partial charge on any atom is 0.191 e. The molecule has 0 bridgehead atoms. The Morgan fingerprint density at radius 1 is 1.10 bits per heavy atom. The van der Waals surface area contributed by atoms with Gasteiger partial charge in [0.15, 0.2) is 15.8 Å². The summed E-state index contributed by atoms with van der Waals surface area (Å²) >= 11 is 0. The van der Waals surface area contributed by atoms with Crippen LogP contribution in [0.2, 0.25) is 0 Å². The molecule has 1 aliphatic rings. The zero-order valence-electron chi connectivity index (χ0n) is 18.3. The zero-order chi connectivity index (χ0) is 21.4. The van der Waals surface area contributed by atoms with Gasteiger partial charge in [-0.05, 0) is 38.2 Å². The summed E-state index contributed by atoms with van der Waals surface area (Å²) in [6.45, 7) is 9.09. The maximum atomic E-state index is 12.5. The summed E-state index contributed by atoms with van der Waals surface area (Å²) in [4.78, 5) is 4.87. The van der Waals surface area contributed by atoms with E-state index in [-0.39, 0.29) is 5.41 Å². The van der Waals surface area contributed by atoms with E-state index in [2.05, 4.69) is 48.7 Å². The third-order valence-electron chi connectivity index (χ3n) is 6.39. The first-order valence-corrected chi connectivity index (χ1v) is 12.6. The fourth-order valence-corrected chi connectivity index (χ4v) is 5.25. The minimum Gasteiger partial charge on any atom is -0.381 e. The van der Waals surface area contributed by atoms with Crippen LogP contribution in [-0.4, -0.2) is 58.2 Å². The van der Waals surface area contributed by atoms with E-state index in [0.717, 1.165) is 19.4 Å². The second-order valence-electron chi connectivity index (χ2n) is 7.97. The van der Waals surface area contributed by atoms with Crippen molar-refractivity contribution in [2.24, 2.45) is 4.99 Å². The van der Waals surface area contributed by atoms with Crippen LogP contribution < -0.4 is 10.6 Å². The van der Waals surface area contributed by atoms with E-state index < -0.39 is 14.6 Å². The van der Waals surface area contributed by atoms with Gasteiger partial charge in [-0.2, -0.15) is 0 Å². The number of guanidine groups is 1. The molecule has 0 spiro atoms. The van der Waals surface area contributed by atoms with Gasteiger partial charge in [-0.25, -0.2) is 8.42 Å². The normalized spacial score (nSPS) is 17.7. The molecule has 2 N–H and O–H groups in total. The van der Waals surface area contributed by atoms with Crippen molar-refractivity contribution in [2.75, 3.05) is 39.1 Å². The Bertz CT molecular complexity index is 753. The van der Waals surface area contributed by atoms with Crippen LogP contribution in [0, 0.1) is 0 Å². The number of rotatable bonds is 9. The van der Waals surface area contributed by atoms with Crippen LogP contribution in [0.25, 0.3) is 0 Å². The highest BCUT2D eigenvalue weighted by atomic mass is 32.2. The smallest absolute Gasteiger partial charge is 0.191 e. The number of nitrogens with zero attached hydrogens (tertiary/aromatic N) is 1. The van der Waals surface area contributed by atoms with Gasteiger partial charge in [0.25, 0.3) is 0 Å². The van der Waals surface area contributed by atoms with Crippen molar-refractivity contribution in [1.82, 2.24) is 10.6 Å². The molecule has 164 valence electrons. The number of ether oxygens (including phenoxy) is 1. The molecule has 1 heterocycles. The van der Waals surface area contributed by atoms with Crippen molar-refractivity contribution in [2.45, 2.75) is 56.6 Å². The summed E-state index contributed by atoms with van der Waals surface area (Å²) in [6, 6.07) is 10.5. The van der Waals surface area contributed by atoms with Gasteiger partial charge in [0.05, 0.1) is 11.3 Å². The molecule has 1 aromatic carbocycles. The molecular weight excluding hydrogens is 386 g/mol. The topological polar surface area (TPSA) is 79.8 Å². The number of sulfone groups is 1. The standard InChI is InChI=1S/C22H37N3O3S/c1-5-21(6-2,19-11-9-8-10-12-19)17-24-20(23-7-3)25-18-22(29(4,26)27)13-15-28-16-14-22/h8-12H,5-7,13-18H2,1-4H3,(H2,23,24,25). The summed E-state index contributed by atoms with van der Waals surface area (Å²) < 4.78 is 29.6. The molecule has 6 nitrogen and oxygen atoms in total. The highest BCUT2D eigenvalue weighted by Crippen LogP contribution is 2.32. The van der Waals surface area contributed by atoms with Crippen molar-refractivity contribution >= 4 is 15.8 Å². The van der Waals surface area contributed by atoms with Crippen LogP contribution >= 0.6 is 0 Å². The maximum absolute atomic E-state index is 12.5. The lowest BCUT2D eigenvalue weighted by molar-refractivity contribution is 0.0756. The predicted molar refractivity (Wildman–Crippen MR) is 120 cm³/mol. The van der Waals surface area contributed by atoms with Crippen molar-refractivity contribution in [1.29, 1.82) is 0 Å². The quantitative estimate of drug-likeness (QED) is 0.472. The van der Waals surface area contributed by atoms with E-state index in [0.29, 0.717) is 45.1 Å². The number of nitrogens with one attached hydrogen (secondary N) is 2. The third-order valence-corrected chi connectivity index (χ3v) is 8.52. The Kier molecular flexibility index (Phi) is 8.52. The summed E-state index contributed by atoms with van der Waals surface area (Å²) in [7, 11) is -3.22. The number of hydrogen-bond donors (Lipinski definition) is 2. The molecule has 0 saturated carbocycles. The first kappa shape index (κ1) is 23.7. The third kappa shape index (κ3) is 5.72. The molecular formula is C22H37N3O3S. The van der Waals surface area contributed by atoms with Gasteiger partial charge in [0.2, 0.25) is 0 Å². The van der Waals surface area contributed by atoms with Crippen LogP contribution in [-0.2, 0) is 20.0 Å². The SMILES string of the molecule is CCNC(=NCC(CC)(CC)c1ccccc1)NCC1(S(C)(=O)=O)CCOCC1. The van der Waals surface area contributed by atoms with Gasteiger partial charge in [-0.1, -0.05) is 44.2 Å². The van der Waals surface area contributed by atoms with E-state index in [1.54, 1.807) is 0 Å². The lowest BCUT2D eigenvalue weighted by Gasteiger charge is -2.36. The van der Waals surface area contributed by atoms with E-state index in [9.17, 15) is 8.42 Å². The summed E-state index contributed by atoms with van der Waals surface area (Å²) in [5.41, 5.74) is 1.26. The molecule has 29 heavy (non-hydrogen) atoms. The molecule has 7 heteroatoms. The highest BCUT2D eigenvalue weighted by Gasteiger charge is 2.42.